The minimum Gasteiger partial charge on any atom is -0.364 e. The van der Waals surface area contributed by atoms with Gasteiger partial charge in [0.05, 0.1) is 18.1 Å². The Morgan fingerprint density at radius 1 is 1.35 bits per heavy atom. The minimum atomic E-state index is -0.617. The van der Waals surface area contributed by atoms with Crippen LogP contribution in [-0.2, 0) is 11.3 Å². The van der Waals surface area contributed by atoms with Crippen LogP contribution in [-0.4, -0.2) is 43.0 Å². The molecule has 9 heteroatoms. The molecule has 3 rings (SSSR count). The summed E-state index contributed by atoms with van der Waals surface area (Å²) in [6.45, 7) is 3.98. The van der Waals surface area contributed by atoms with Crippen molar-refractivity contribution in [2.24, 2.45) is 5.73 Å². The molecule has 3 heterocycles. The van der Waals surface area contributed by atoms with Crippen molar-refractivity contribution in [2.75, 3.05) is 6.54 Å². The van der Waals surface area contributed by atoms with Crippen molar-refractivity contribution in [1.29, 1.82) is 0 Å². The van der Waals surface area contributed by atoms with Crippen molar-refractivity contribution in [1.82, 2.24) is 24.6 Å². The Morgan fingerprint density at radius 3 is 2.81 bits per heavy atom. The number of likely N-dealkylation sites (tertiary alicyclic amines) is 1. The van der Waals surface area contributed by atoms with E-state index in [1.807, 2.05) is 0 Å². The fourth-order valence-corrected chi connectivity index (χ4v) is 3.21. The zero-order valence-corrected chi connectivity index (χ0v) is 14.9. The highest BCUT2D eigenvalue weighted by Crippen LogP contribution is 2.30. The lowest BCUT2D eigenvalue weighted by atomic mass is 9.99. The number of rotatable bonds is 4. The van der Waals surface area contributed by atoms with Crippen LogP contribution in [0.1, 0.15) is 52.7 Å². The number of aromatic amines is 1. The lowest BCUT2D eigenvalue weighted by Gasteiger charge is -2.35. The zero-order chi connectivity index (χ0) is 18.8. The van der Waals surface area contributed by atoms with Gasteiger partial charge in [-0.2, -0.15) is 5.10 Å². The van der Waals surface area contributed by atoms with Crippen LogP contribution < -0.4 is 11.3 Å². The average molecular weight is 358 g/mol. The first-order valence-corrected chi connectivity index (χ1v) is 8.55. The lowest BCUT2D eigenvalue weighted by molar-refractivity contribution is -0.135. The standard InChI is InChI=1S/C17H22N6O3/c1-10-11(2)19-9-22(17(10)26)8-15(24)23-6-4-3-5-14(23)12-7-13(16(18)25)21-20-12/h7,9,14H,3-6,8H2,1-2H3,(H2,18,25)(H,20,21). The van der Waals surface area contributed by atoms with Gasteiger partial charge in [-0.15, -0.1) is 0 Å². The van der Waals surface area contributed by atoms with Gasteiger partial charge in [0.25, 0.3) is 11.5 Å². The molecule has 0 bridgehead atoms. The fraction of sp³-hybridized carbons (Fsp3) is 0.471. The highest BCUT2D eigenvalue weighted by atomic mass is 16.2. The highest BCUT2D eigenvalue weighted by Gasteiger charge is 2.30. The largest absolute Gasteiger partial charge is 0.364 e. The van der Waals surface area contributed by atoms with Gasteiger partial charge in [-0.3, -0.25) is 24.0 Å². The number of carbonyl (C=O) groups is 2. The van der Waals surface area contributed by atoms with E-state index in [4.69, 9.17) is 5.73 Å². The summed E-state index contributed by atoms with van der Waals surface area (Å²) in [5.41, 5.74) is 7.06. The van der Waals surface area contributed by atoms with Gasteiger partial charge in [0.2, 0.25) is 5.91 Å². The molecule has 3 N–H and O–H groups in total. The van der Waals surface area contributed by atoms with Crippen LogP contribution in [0.3, 0.4) is 0 Å². The molecular weight excluding hydrogens is 336 g/mol. The smallest absolute Gasteiger partial charge is 0.269 e. The number of piperidine rings is 1. The second-order valence-corrected chi connectivity index (χ2v) is 6.56. The van der Waals surface area contributed by atoms with Crippen molar-refractivity contribution in [2.45, 2.75) is 45.7 Å². The second-order valence-electron chi connectivity index (χ2n) is 6.56. The molecule has 2 aromatic rings. The normalized spacial score (nSPS) is 17.3. The molecule has 2 aromatic heterocycles. The number of nitrogens with zero attached hydrogens (tertiary/aromatic N) is 4. The van der Waals surface area contributed by atoms with Crippen molar-refractivity contribution in [3.05, 3.63) is 45.4 Å². The molecule has 9 nitrogen and oxygen atoms in total. The molecule has 0 aliphatic carbocycles. The Bertz CT molecular complexity index is 900. The van der Waals surface area contributed by atoms with Crippen LogP contribution in [0.15, 0.2) is 17.2 Å². The SMILES string of the molecule is Cc1ncn(CC(=O)N2CCCCC2c2cc(C(N)=O)n[nH]2)c(=O)c1C. The lowest BCUT2D eigenvalue weighted by Crippen LogP contribution is -2.42. The number of hydrogen-bond acceptors (Lipinski definition) is 5. The van der Waals surface area contributed by atoms with Crippen molar-refractivity contribution in [3.63, 3.8) is 0 Å². The quantitative estimate of drug-likeness (QED) is 0.820. The van der Waals surface area contributed by atoms with Crippen LogP contribution in [0, 0.1) is 13.8 Å². The number of H-pyrrole nitrogens is 1. The van der Waals surface area contributed by atoms with Crippen LogP contribution in [0.2, 0.25) is 0 Å². The Hall–Kier alpha value is -2.97. The number of nitrogens with two attached hydrogens (primary N) is 1. The molecule has 1 atom stereocenters. The predicted octanol–water partition coefficient (Wildman–Crippen LogP) is 0.436. The number of carbonyl (C=O) groups excluding carboxylic acids is 2. The minimum absolute atomic E-state index is 0.0692. The van der Waals surface area contributed by atoms with Gasteiger partial charge in [0, 0.05) is 17.8 Å². The molecule has 0 radical (unpaired) electrons. The second kappa shape index (κ2) is 7.11. The van der Waals surface area contributed by atoms with Crippen molar-refractivity contribution >= 4 is 11.8 Å². The third-order valence-corrected chi connectivity index (χ3v) is 4.85. The number of aromatic nitrogens is 4. The Kier molecular flexibility index (Phi) is 4.88. The summed E-state index contributed by atoms with van der Waals surface area (Å²) in [7, 11) is 0. The molecule has 0 aromatic carbocycles. The summed E-state index contributed by atoms with van der Waals surface area (Å²) < 4.78 is 1.33. The van der Waals surface area contributed by atoms with Crippen LogP contribution >= 0.6 is 0 Å². The summed E-state index contributed by atoms with van der Waals surface area (Å²) in [6.07, 6.45) is 4.01. The Labute approximate surface area is 150 Å². The van der Waals surface area contributed by atoms with E-state index in [-0.39, 0.29) is 29.7 Å². The summed E-state index contributed by atoms with van der Waals surface area (Å²) in [5, 5.41) is 6.71. The van der Waals surface area contributed by atoms with E-state index in [0.29, 0.717) is 23.5 Å². The van der Waals surface area contributed by atoms with E-state index in [1.54, 1.807) is 24.8 Å². The Balaban J connectivity index is 1.83. The van der Waals surface area contributed by atoms with Gasteiger partial charge < -0.3 is 10.6 Å². The number of hydrogen-bond donors (Lipinski definition) is 2. The molecule has 0 spiro atoms. The molecule has 138 valence electrons. The van der Waals surface area contributed by atoms with E-state index in [2.05, 4.69) is 15.2 Å². The highest BCUT2D eigenvalue weighted by molar-refractivity contribution is 5.90. The van der Waals surface area contributed by atoms with Gasteiger partial charge in [-0.05, 0) is 39.2 Å². The molecule has 1 saturated heterocycles. The molecule has 2 amide bonds. The van der Waals surface area contributed by atoms with Gasteiger partial charge in [-0.25, -0.2) is 4.98 Å². The van der Waals surface area contributed by atoms with Gasteiger partial charge >= 0.3 is 0 Å². The monoisotopic (exact) mass is 358 g/mol. The molecule has 1 aliphatic rings. The third kappa shape index (κ3) is 3.37. The zero-order valence-electron chi connectivity index (χ0n) is 14.9. The maximum Gasteiger partial charge on any atom is 0.269 e. The number of amides is 2. The van der Waals surface area contributed by atoms with Gasteiger partial charge in [0.1, 0.15) is 12.2 Å². The molecular formula is C17H22N6O3. The van der Waals surface area contributed by atoms with Crippen LogP contribution in [0.4, 0.5) is 0 Å². The van der Waals surface area contributed by atoms with Crippen molar-refractivity contribution in [3.8, 4) is 0 Å². The summed E-state index contributed by atoms with van der Waals surface area (Å²) in [5.74, 6) is -0.786. The van der Waals surface area contributed by atoms with Crippen LogP contribution in [0.5, 0.6) is 0 Å². The molecule has 0 saturated carbocycles. The molecule has 26 heavy (non-hydrogen) atoms. The summed E-state index contributed by atoms with van der Waals surface area (Å²) in [6, 6.07) is 1.37. The van der Waals surface area contributed by atoms with Gasteiger partial charge in [0.15, 0.2) is 0 Å². The Morgan fingerprint density at radius 2 is 2.12 bits per heavy atom. The molecule has 1 aliphatic heterocycles. The first-order chi connectivity index (χ1) is 12.4. The van der Waals surface area contributed by atoms with E-state index in [0.717, 1.165) is 19.3 Å². The molecule has 1 unspecified atom stereocenters. The fourth-order valence-electron chi connectivity index (χ4n) is 3.21. The van der Waals surface area contributed by atoms with E-state index >= 15 is 0 Å². The van der Waals surface area contributed by atoms with Crippen LogP contribution in [0.25, 0.3) is 0 Å². The first kappa shape index (κ1) is 17.8. The molecule has 1 fully saturated rings. The van der Waals surface area contributed by atoms with E-state index < -0.39 is 5.91 Å². The predicted molar refractivity (Wildman–Crippen MR) is 93.4 cm³/mol. The van der Waals surface area contributed by atoms with E-state index in [1.165, 1.54) is 10.9 Å². The third-order valence-electron chi connectivity index (χ3n) is 4.85. The maximum atomic E-state index is 12.9. The maximum absolute atomic E-state index is 12.9. The number of primary amides is 1. The van der Waals surface area contributed by atoms with E-state index in [9.17, 15) is 14.4 Å². The van der Waals surface area contributed by atoms with Crippen molar-refractivity contribution < 1.29 is 9.59 Å². The number of aryl methyl sites for hydroxylation is 1. The summed E-state index contributed by atoms with van der Waals surface area (Å²) >= 11 is 0. The average Bonchev–Trinajstić information content (AvgIpc) is 3.12. The van der Waals surface area contributed by atoms with Gasteiger partial charge in [-0.1, -0.05) is 0 Å². The first-order valence-electron chi connectivity index (χ1n) is 8.55. The number of nitrogens with one attached hydrogen (secondary N) is 1. The topological polar surface area (TPSA) is 127 Å². The summed E-state index contributed by atoms with van der Waals surface area (Å²) in [4.78, 5) is 42.3.